The van der Waals surface area contributed by atoms with Gasteiger partial charge in [0, 0.05) is 22.8 Å². The lowest BCUT2D eigenvalue weighted by Crippen LogP contribution is -2.05. The van der Waals surface area contributed by atoms with Crippen molar-refractivity contribution >= 4 is 23.2 Å². The average molecular weight is 422 g/mol. The van der Waals surface area contributed by atoms with Crippen molar-refractivity contribution in [1.29, 1.82) is 0 Å². The highest BCUT2D eigenvalue weighted by Gasteiger charge is 2.22. The molecule has 0 aromatic heterocycles. The lowest BCUT2D eigenvalue weighted by atomic mass is 10.0. The molecule has 158 valence electrons. The Hall–Kier alpha value is -4.25. The van der Waals surface area contributed by atoms with Crippen LogP contribution in [0.25, 0.3) is 5.76 Å². The minimum Gasteiger partial charge on any atom is -0.466 e. The molecule has 0 unspecified atom stereocenters. The van der Waals surface area contributed by atoms with Crippen LogP contribution < -0.4 is 0 Å². The van der Waals surface area contributed by atoms with E-state index in [0.717, 1.165) is 22.3 Å². The molecule has 0 N–H and O–H groups in total. The van der Waals surface area contributed by atoms with Crippen LogP contribution in [-0.2, 0) is 14.3 Å². The Morgan fingerprint density at radius 3 is 2.03 bits per heavy atom. The molecule has 5 heteroatoms. The van der Waals surface area contributed by atoms with Crippen molar-refractivity contribution in [2.75, 3.05) is 7.11 Å². The highest BCUT2D eigenvalue weighted by Crippen LogP contribution is 2.28. The third-order valence-corrected chi connectivity index (χ3v) is 4.88. The van der Waals surface area contributed by atoms with E-state index in [1.54, 1.807) is 6.08 Å². The monoisotopic (exact) mass is 422 g/mol. The molecule has 0 aliphatic carbocycles. The van der Waals surface area contributed by atoms with Gasteiger partial charge in [0.15, 0.2) is 5.76 Å². The first-order valence-electron chi connectivity index (χ1n) is 10.2. The molecule has 0 saturated carbocycles. The number of hydrogen-bond acceptors (Lipinski definition) is 5. The summed E-state index contributed by atoms with van der Waals surface area (Å²) in [6.07, 6.45) is 3.05. The highest BCUT2D eigenvalue weighted by atomic mass is 16.5. The van der Waals surface area contributed by atoms with Gasteiger partial charge in [0.05, 0.1) is 13.2 Å². The third-order valence-electron chi connectivity index (χ3n) is 4.88. The fourth-order valence-electron chi connectivity index (χ4n) is 3.18. The number of nitrogens with zero attached hydrogens (tertiary/aromatic N) is 2. The Bertz CT molecular complexity index is 1180. The van der Waals surface area contributed by atoms with Gasteiger partial charge >= 0.3 is 5.97 Å². The summed E-state index contributed by atoms with van der Waals surface area (Å²) in [5.41, 5.74) is 5.05. The number of allylic oxidation sites excluding steroid dienone is 1. The first-order valence-corrected chi connectivity index (χ1v) is 10.2. The van der Waals surface area contributed by atoms with E-state index in [0.29, 0.717) is 17.2 Å². The molecule has 0 amide bonds. The maximum absolute atomic E-state index is 11.9. The summed E-state index contributed by atoms with van der Waals surface area (Å²) in [5.74, 6) is 0.355. The Morgan fingerprint density at radius 1 is 0.875 bits per heavy atom. The van der Waals surface area contributed by atoms with Crippen LogP contribution in [0.5, 0.6) is 0 Å². The summed E-state index contributed by atoms with van der Waals surface area (Å²) >= 11 is 0. The van der Waals surface area contributed by atoms with Crippen LogP contribution in [0.15, 0.2) is 113 Å². The molecule has 1 aliphatic heterocycles. The second kappa shape index (κ2) is 9.71. The molecule has 1 heterocycles. The van der Waals surface area contributed by atoms with Crippen molar-refractivity contribution in [2.45, 2.75) is 6.92 Å². The number of ether oxygens (including phenoxy) is 2. The number of rotatable bonds is 5. The molecular weight excluding hydrogens is 400 g/mol. The van der Waals surface area contributed by atoms with Crippen LogP contribution in [0.3, 0.4) is 0 Å². The SMILES string of the molecule is COC(=O)/C=C1/OC(c2ccc(C)cc2)=C/C1=N\N=C(c1ccccc1)c1ccccc1. The molecule has 1 aliphatic rings. The number of benzene rings is 3. The van der Waals surface area contributed by atoms with Crippen molar-refractivity contribution in [2.24, 2.45) is 10.2 Å². The van der Waals surface area contributed by atoms with Crippen LogP contribution in [0.1, 0.15) is 22.3 Å². The Labute approximate surface area is 187 Å². The first-order chi connectivity index (χ1) is 15.6. The van der Waals surface area contributed by atoms with Crippen molar-refractivity contribution in [3.8, 4) is 0 Å². The van der Waals surface area contributed by atoms with E-state index in [4.69, 9.17) is 9.47 Å². The minimum atomic E-state index is -0.526. The van der Waals surface area contributed by atoms with Crippen LogP contribution in [0, 0.1) is 6.92 Å². The summed E-state index contributed by atoms with van der Waals surface area (Å²) < 4.78 is 10.7. The van der Waals surface area contributed by atoms with Crippen molar-refractivity contribution in [1.82, 2.24) is 0 Å². The second-order valence-corrected chi connectivity index (χ2v) is 7.17. The molecule has 3 aromatic rings. The fourth-order valence-corrected chi connectivity index (χ4v) is 3.18. The average Bonchev–Trinajstić information content (AvgIpc) is 3.23. The quantitative estimate of drug-likeness (QED) is 0.242. The molecular formula is C27H22N2O3. The number of carbonyl (C=O) groups is 1. The van der Waals surface area contributed by atoms with Crippen LogP contribution in [0.2, 0.25) is 0 Å². The van der Waals surface area contributed by atoms with Gasteiger partial charge in [-0.15, -0.1) is 10.2 Å². The van der Waals surface area contributed by atoms with Gasteiger partial charge in [0.2, 0.25) is 0 Å². The topological polar surface area (TPSA) is 60.2 Å². The van der Waals surface area contributed by atoms with Crippen molar-refractivity contribution in [3.63, 3.8) is 0 Å². The van der Waals surface area contributed by atoms with Crippen LogP contribution in [-0.4, -0.2) is 24.5 Å². The van der Waals surface area contributed by atoms with E-state index in [-0.39, 0.29) is 5.76 Å². The van der Waals surface area contributed by atoms with E-state index in [1.165, 1.54) is 13.2 Å². The Kier molecular flexibility index (Phi) is 6.37. The van der Waals surface area contributed by atoms with E-state index < -0.39 is 5.97 Å². The molecule has 32 heavy (non-hydrogen) atoms. The number of aryl methyl sites for hydroxylation is 1. The molecule has 3 aromatic carbocycles. The standard InChI is InChI=1S/C27H22N2O3/c1-19-13-15-20(16-14-19)24-17-23(25(32-24)18-26(30)31-2)28-29-27(21-9-5-3-6-10-21)22-11-7-4-8-12-22/h3-18H,1-2H3/b25-18+,28-23+. The third kappa shape index (κ3) is 4.90. The minimum absolute atomic E-state index is 0.289. The summed E-state index contributed by atoms with van der Waals surface area (Å²) in [4.78, 5) is 11.9. The van der Waals surface area contributed by atoms with E-state index >= 15 is 0 Å². The van der Waals surface area contributed by atoms with Crippen LogP contribution in [0.4, 0.5) is 0 Å². The molecule has 0 bridgehead atoms. The predicted molar refractivity (Wildman–Crippen MR) is 126 cm³/mol. The summed E-state index contributed by atoms with van der Waals surface area (Å²) in [6.45, 7) is 2.02. The molecule has 0 radical (unpaired) electrons. The zero-order valence-electron chi connectivity index (χ0n) is 17.9. The van der Waals surface area contributed by atoms with Gasteiger partial charge in [-0.2, -0.15) is 0 Å². The molecule has 0 fully saturated rings. The summed E-state index contributed by atoms with van der Waals surface area (Å²) in [7, 11) is 1.32. The predicted octanol–water partition coefficient (Wildman–Crippen LogP) is 5.32. The lowest BCUT2D eigenvalue weighted by Gasteiger charge is -2.06. The van der Waals surface area contributed by atoms with Gasteiger partial charge in [0.1, 0.15) is 17.2 Å². The zero-order chi connectivity index (χ0) is 22.3. The van der Waals surface area contributed by atoms with Gasteiger partial charge in [-0.25, -0.2) is 4.79 Å². The second-order valence-electron chi connectivity index (χ2n) is 7.17. The first kappa shape index (κ1) is 21.0. The van der Waals surface area contributed by atoms with E-state index in [1.807, 2.05) is 91.9 Å². The largest absolute Gasteiger partial charge is 0.466 e. The zero-order valence-corrected chi connectivity index (χ0v) is 17.9. The van der Waals surface area contributed by atoms with Gasteiger partial charge in [0.25, 0.3) is 0 Å². The van der Waals surface area contributed by atoms with E-state index in [2.05, 4.69) is 10.2 Å². The van der Waals surface area contributed by atoms with Crippen LogP contribution >= 0.6 is 0 Å². The van der Waals surface area contributed by atoms with E-state index in [9.17, 15) is 4.79 Å². The molecule has 0 saturated heterocycles. The Balaban J connectivity index is 1.79. The van der Waals surface area contributed by atoms with Gasteiger partial charge in [-0.05, 0) is 6.92 Å². The summed E-state index contributed by atoms with van der Waals surface area (Å²) in [6, 6.07) is 27.6. The van der Waals surface area contributed by atoms with Crippen molar-refractivity contribution in [3.05, 3.63) is 125 Å². The molecule has 0 atom stereocenters. The number of methoxy groups -OCH3 is 1. The summed E-state index contributed by atoms with van der Waals surface area (Å²) in [5, 5.41) is 9.02. The maximum atomic E-state index is 11.9. The number of esters is 1. The molecule has 4 rings (SSSR count). The van der Waals surface area contributed by atoms with Gasteiger partial charge in [-0.1, -0.05) is 90.5 Å². The molecule has 5 nitrogen and oxygen atoms in total. The smallest absolute Gasteiger partial charge is 0.334 e. The fraction of sp³-hybridized carbons (Fsp3) is 0.0741. The van der Waals surface area contributed by atoms with Gasteiger partial charge in [-0.3, -0.25) is 0 Å². The Morgan fingerprint density at radius 2 is 1.47 bits per heavy atom. The lowest BCUT2D eigenvalue weighted by molar-refractivity contribution is -0.134. The number of carbonyl (C=O) groups excluding carboxylic acids is 1. The van der Waals surface area contributed by atoms with Gasteiger partial charge < -0.3 is 9.47 Å². The maximum Gasteiger partial charge on any atom is 0.334 e. The normalized spacial score (nSPS) is 15.2. The molecule has 0 spiro atoms. The van der Waals surface area contributed by atoms with Crippen molar-refractivity contribution < 1.29 is 14.3 Å². The number of hydrogen-bond donors (Lipinski definition) is 0. The highest BCUT2D eigenvalue weighted by molar-refractivity contribution is 6.17.